The van der Waals surface area contributed by atoms with E-state index in [0.717, 1.165) is 22.7 Å². The van der Waals surface area contributed by atoms with Crippen LogP contribution in [0.3, 0.4) is 0 Å². The van der Waals surface area contributed by atoms with Crippen LogP contribution in [0.2, 0.25) is 0 Å². The highest BCUT2D eigenvalue weighted by molar-refractivity contribution is 5.64. The topological polar surface area (TPSA) is 50.8 Å². The van der Waals surface area contributed by atoms with Gasteiger partial charge in [0.2, 0.25) is 5.88 Å². The number of nitrogens with one attached hydrogen (secondary N) is 1. The van der Waals surface area contributed by atoms with Crippen LogP contribution in [0.25, 0.3) is 11.3 Å². The van der Waals surface area contributed by atoms with Gasteiger partial charge in [-0.05, 0) is 26.0 Å². The zero-order valence-electron chi connectivity index (χ0n) is 8.82. The Bertz CT molecular complexity index is 436. The number of hydrogen-bond donors (Lipinski definition) is 1. The largest absolute Gasteiger partial charge is 0.478 e. The Morgan fingerprint density at radius 3 is 2.73 bits per heavy atom. The van der Waals surface area contributed by atoms with Crippen molar-refractivity contribution in [3.05, 3.63) is 30.1 Å². The lowest BCUT2D eigenvalue weighted by molar-refractivity contribution is 0.324. The van der Waals surface area contributed by atoms with Crippen molar-refractivity contribution in [1.29, 1.82) is 0 Å². The smallest absolute Gasteiger partial charge is 0.212 e. The van der Waals surface area contributed by atoms with Crippen molar-refractivity contribution >= 4 is 0 Å². The summed E-state index contributed by atoms with van der Waals surface area (Å²) < 4.78 is 5.41. The van der Waals surface area contributed by atoms with Gasteiger partial charge in [0.25, 0.3) is 0 Å². The first kappa shape index (κ1) is 9.71. The summed E-state index contributed by atoms with van der Waals surface area (Å²) in [6.45, 7) is 4.58. The van der Waals surface area contributed by atoms with Gasteiger partial charge in [-0.2, -0.15) is 5.10 Å². The summed E-state index contributed by atoms with van der Waals surface area (Å²) in [6.07, 6.45) is 3.51. The summed E-state index contributed by atoms with van der Waals surface area (Å²) in [5, 5.41) is 7.11. The Labute approximate surface area is 88.3 Å². The summed E-state index contributed by atoms with van der Waals surface area (Å²) in [5.74, 6) is 0.740. The Morgan fingerprint density at radius 1 is 1.33 bits per heavy atom. The average molecular weight is 203 g/mol. The molecular formula is C11H13N3O. The molecule has 0 unspecified atom stereocenters. The molecular weight excluding hydrogens is 190 g/mol. The lowest BCUT2D eigenvalue weighted by atomic mass is 10.1. The SMILES string of the molecule is CCOc1[nH]nc(-c2ccncc2)c1C. The van der Waals surface area contributed by atoms with E-state index in [4.69, 9.17) is 4.74 Å². The molecule has 0 fully saturated rings. The van der Waals surface area contributed by atoms with Gasteiger partial charge >= 0.3 is 0 Å². The Kier molecular flexibility index (Phi) is 2.67. The second-order valence-corrected chi connectivity index (χ2v) is 3.20. The summed E-state index contributed by atoms with van der Waals surface area (Å²) >= 11 is 0. The van der Waals surface area contributed by atoms with Crippen molar-refractivity contribution in [3.8, 4) is 17.1 Å². The van der Waals surface area contributed by atoms with Gasteiger partial charge in [0.05, 0.1) is 12.3 Å². The highest BCUT2D eigenvalue weighted by Crippen LogP contribution is 2.26. The monoisotopic (exact) mass is 203 g/mol. The van der Waals surface area contributed by atoms with Crippen molar-refractivity contribution in [1.82, 2.24) is 15.2 Å². The minimum Gasteiger partial charge on any atom is -0.478 e. The maximum Gasteiger partial charge on any atom is 0.212 e. The number of aromatic nitrogens is 3. The number of ether oxygens (including phenoxy) is 1. The van der Waals surface area contributed by atoms with Crippen LogP contribution in [0.15, 0.2) is 24.5 Å². The first-order valence-corrected chi connectivity index (χ1v) is 4.91. The molecule has 0 saturated carbocycles. The second-order valence-electron chi connectivity index (χ2n) is 3.20. The van der Waals surface area contributed by atoms with Gasteiger partial charge in [-0.15, -0.1) is 0 Å². The highest BCUT2D eigenvalue weighted by Gasteiger charge is 2.10. The lowest BCUT2D eigenvalue weighted by Crippen LogP contribution is -1.92. The van der Waals surface area contributed by atoms with Crippen molar-refractivity contribution in [2.45, 2.75) is 13.8 Å². The molecule has 0 aliphatic heterocycles. The van der Waals surface area contributed by atoms with E-state index in [1.165, 1.54) is 0 Å². The van der Waals surface area contributed by atoms with Crippen LogP contribution < -0.4 is 4.74 Å². The maximum atomic E-state index is 5.41. The van der Waals surface area contributed by atoms with E-state index in [9.17, 15) is 0 Å². The van der Waals surface area contributed by atoms with Crippen LogP contribution in [0, 0.1) is 6.92 Å². The van der Waals surface area contributed by atoms with Gasteiger partial charge in [0, 0.05) is 23.5 Å². The van der Waals surface area contributed by atoms with Gasteiger partial charge in [-0.1, -0.05) is 0 Å². The maximum absolute atomic E-state index is 5.41. The highest BCUT2D eigenvalue weighted by atomic mass is 16.5. The number of aromatic amines is 1. The Hall–Kier alpha value is -1.84. The second kappa shape index (κ2) is 4.13. The molecule has 0 aromatic carbocycles. The molecule has 4 nitrogen and oxygen atoms in total. The fraction of sp³-hybridized carbons (Fsp3) is 0.273. The zero-order valence-corrected chi connectivity index (χ0v) is 8.82. The molecule has 0 amide bonds. The minimum atomic E-state index is 0.638. The van der Waals surface area contributed by atoms with Gasteiger partial charge in [0.15, 0.2) is 0 Å². The van der Waals surface area contributed by atoms with E-state index in [1.807, 2.05) is 26.0 Å². The van der Waals surface area contributed by atoms with Crippen LogP contribution in [0.1, 0.15) is 12.5 Å². The van der Waals surface area contributed by atoms with Gasteiger partial charge in [-0.25, -0.2) is 5.10 Å². The van der Waals surface area contributed by atoms with E-state index < -0.39 is 0 Å². The number of rotatable bonds is 3. The average Bonchev–Trinajstić information content (AvgIpc) is 2.63. The van der Waals surface area contributed by atoms with Crippen molar-refractivity contribution < 1.29 is 4.74 Å². The molecule has 0 aliphatic rings. The Balaban J connectivity index is 2.38. The van der Waals surface area contributed by atoms with E-state index in [1.54, 1.807) is 12.4 Å². The van der Waals surface area contributed by atoms with Crippen molar-refractivity contribution in [2.24, 2.45) is 0 Å². The normalized spacial score (nSPS) is 10.3. The molecule has 4 heteroatoms. The van der Waals surface area contributed by atoms with Crippen LogP contribution in [0.4, 0.5) is 0 Å². The molecule has 0 atom stereocenters. The molecule has 2 aromatic heterocycles. The fourth-order valence-corrected chi connectivity index (χ4v) is 1.46. The third kappa shape index (κ3) is 1.83. The number of hydrogen-bond acceptors (Lipinski definition) is 3. The molecule has 15 heavy (non-hydrogen) atoms. The van der Waals surface area contributed by atoms with Gasteiger partial charge in [0.1, 0.15) is 0 Å². The molecule has 0 bridgehead atoms. The Morgan fingerprint density at radius 2 is 2.07 bits per heavy atom. The quantitative estimate of drug-likeness (QED) is 0.831. The zero-order chi connectivity index (χ0) is 10.7. The van der Waals surface area contributed by atoms with Gasteiger partial charge < -0.3 is 4.74 Å². The molecule has 0 radical (unpaired) electrons. The lowest BCUT2D eigenvalue weighted by Gasteiger charge is -2.00. The number of H-pyrrole nitrogens is 1. The molecule has 0 spiro atoms. The van der Waals surface area contributed by atoms with Gasteiger partial charge in [-0.3, -0.25) is 4.98 Å². The standard InChI is InChI=1S/C11H13N3O/c1-3-15-11-8(2)10(13-14-11)9-4-6-12-7-5-9/h4-7H,3H2,1-2H3,(H,13,14). The predicted molar refractivity (Wildman–Crippen MR) is 57.7 cm³/mol. The first-order chi connectivity index (χ1) is 7.33. The van der Waals surface area contributed by atoms with Crippen LogP contribution in [-0.4, -0.2) is 21.8 Å². The van der Waals surface area contributed by atoms with E-state index in [0.29, 0.717) is 6.61 Å². The molecule has 0 saturated heterocycles. The minimum absolute atomic E-state index is 0.638. The molecule has 2 rings (SSSR count). The number of pyridine rings is 1. The van der Waals surface area contributed by atoms with Crippen molar-refractivity contribution in [2.75, 3.05) is 6.61 Å². The number of nitrogens with zero attached hydrogens (tertiary/aromatic N) is 2. The summed E-state index contributed by atoms with van der Waals surface area (Å²) in [4.78, 5) is 3.97. The fourth-order valence-electron chi connectivity index (χ4n) is 1.46. The summed E-state index contributed by atoms with van der Waals surface area (Å²) in [5.41, 5.74) is 2.99. The third-order valence-corrected chi connectivity index (χ3v) is 2.21. The van der Waals surface area contributed by atoms with Crippen LogP contribution in [-0.2, 0) is 0 Å². The van der Waals surface area contributed by atoms with Crippen molar-refractivity contribution in [3.63, 3.8) is 0 Å². The summed E-state index contributed by atoms with van der Waals surface area (Å²) in [6, 6.07) is 3.86. The van der Waals surface area contributed by atoms with Crippen LogP contribution in [0.5, 0.6) is 5.88 Å². The van der Waals surface area contributed by atoms with E-state index in [2.05, 4.69) is 15.2 Å². The molecule has 78 valence electrons. The summed E-state index contributed by atoms with van der Waals surface area (Å²) in [7, 11) is 0. The molecule has 2 aromatic rings. The molecule has 2 heterocycles. The molecule has 1 N–H and O–H groups in total. The van der Waals surface area contributed by atoms with E-state index >= 15 is 0 Å². The van der Waals surface area contributed by atoms with Crippen LogP contribution >= 0.6 is 0 Å². The molecule has 0 aliphatic carbocycles. The third-order valence-electron chi connectivity index (χ3n) is 2.21. The van der Waals surface area contributed by atoms with E-state index in [-0.39, 0.29) is 0 Å². The first-order valence-electron chi connectivity index (χ1n) is 4.91. The predicted octanol–water partition coefficient (Wildman–Crippen LogP) is 2.18.